The van der Waals surface area contributed by atoms with Crippen LogP contribution in [0, 0.1) is 6.92 Å². The van der Waals surface area contributed by atoms with Crippen LogP contribution in [0.15, 0.2) is 30.3 Å². The summed E-state index contributed by atoms with van der Waals surface area (Å²) in [6.45, 7) is 5.68. The SMILES string of the molecule is Cc1cc(N)cc2c1cc(Cc1c(Cl)ccc(C(=O)N3CCCN(CCO)CC3)c1Cl)n2C. The average molecular weight is 489 g/mol. The van der Waals surface area contributed by atoms with Crippen LogP contribution in [0.2, 0.25) is 10.0 Å². The topological polar surface area (TPSA) is 74.7 Å². The molecule has 0 spiro atoms. The zero-order valence-electron chi connectivity index (χ0n) is 19.1. The molecule has 1 amide bonds. The predicted octanol–water partition coefficient (Wildman–Crippen LogP) is 4.11. The molecule has 1 aliphatic rings. The first-order chi connectivity index (χ1) is 15.8. The van der Waals surface area contributed by atoms with Crippen molar-refractivity contribution in [3.05, 3.63) is 62.8 Å². The van der Waals surface area contributed by atoms with Gasteiger partial charge in [0.1, 0.15) is 0 Å². The third-order valence-electron chi connectivity index (χ3n) is 6.56. The summed E-state index contributed by atoms with van der Waals surface area (Å²) in [5, 5.41) is 11.3. The number of anilines is 1. The molecule has 1 aromatic heterocycles. The molecule has 8 heteroatoms. The molecular weight excluding hydrogens is 459 g/mol. The quantitative estimate of drug-likeness (QED) is 0.530. The zero-order chi connectivity index (χ0) is 23.7. The van der Waals surface area contributed by atoms with Gasteiger partial charge in [0.25, 0.3) is 5.91 Å². The van der Waals surface area contributed by atoms with E-state index in [-0.39, 0.29) is 12.5 Å². The maximum absolute atomic E-state index is 13.4. The highest BCUT2D eigenvalue weighted by atomic mass is 35.5. The van der Waals surface area contributed by atoms with Gasteiger partial charge in [-0.2, -0.15) is 0 Å². The van der Waals surface area contributed by atoms with Crippen molar-refractivity contribution >= 4 is 45.7 Å². The first-order valence-electron chi connectivity index (χ1n) is 11.2. The maximum atomic E-state index is 13.4. The average Bonchev–Trinajstić information content (AvgIpc) is 2.94. The van der Waals surface area contributed by atoms with E-state index in [1.807, 2.05) is 31.0 Å². The minimum Gasteiger partial charge on any atom is -0.399 e. The lowest BCUT2D eigenvalue weighted by molar-refractivity contribution is 0.0760. The fourth-order valence-corrected chi connectivity index (χ4v) is 5.26. The number of nitrogens with zero attached hydrogens (tertiary/aromatic N) is 3. The Hall–Kier alpha value is -2.25. The number of halogens is 2. The van der Waals surface area contributed by atoms with E-state index in [0.717, 1.165) is 52.9 Å². The summed E-state index contributed by atoms with van der Waals surface area (Å²) < 4.78 is 2.10. The molecule has 1 aliphatic heterocycles. The molecule has 1 saturated heterocycles. The van der Waals surface area contributed by atoms with Crippen LogP contribution in [0.25, 0.3) is 10.9 Å². The molecule has 2 aromatic carbocycles. The molecule has 4 rings (SSSR count). The number of benzene rings is 2. The Kier molecular flexibility index (Phi) is 7.19. The largest absolute Gasteiger partial charge is 0.399 e. The smallest absolute Gasteiger partial charge is 0.255 e. The number of nitrogen functional groups attached to an aromatic ring is 1. The van der Waals surface area contributed by atoms with Crippen molar-refractivity contribution in [2.24, 2.45) is 7.05 Å². The molecule has 176 valence electrons. The Morgan fingerprint density at radius 3 is 2.67 bits per heavy atom. The standard InChI is InChI=1S/C25H30Cl2N4O2/c1-16-12-17(28)13-23-20(16)14-18(29(23)2)15-21-22(26)5-4-19(24(21)27)25(33)31-7-3-6-30(8-9-31)10-11-32/h4-5,12-14,32H,3,6-11,15,28H2,1-2H3. The molecule has 0 saturated carbocycles. The van der Waals surface area contributed by atoms with Gasteiger partial charge in [0.2, 0.25) is 0 Å². The van der Waals surface area contributed by atoms with E-state index in [9.17, 15) is 9.90 Å². The fourth-order valence-electron chi connectivity index (χ4n) is 4.68. The summed E-state index contributed by atoms with van der Waals surface area (Å²) in [5.74, 6) is -0.0792. The lowest BCUT2D eigenvalue weighted by atomic mass is 10.0. The van der Waals surface area contributed by atoms with Crippen LogP contribution in [0.1, 0.15) is 33.6 Å². The van der Waals surface area contributed by atoms with E-state index < -0.39 is 0 Å². The van der Waals surface area contributed by atoms with Crippen molar-refractivity contribution in [2.45, 2.75) is 19.8 Å². The van der Waals surface area contributed by atoms with Crippen LogP contribution in [0.5, 0.6) is 0 Å². The van der Waals surface area contributed by atoms with Crippen molar-refractivity contribution < 1.29 is 9.90 Å². The van der Waals surface area contributed by atoms with E-state index >= 15 is 0 Å². The second kappa shape index (κ2) is 9.94. The summed E-state index contributed by atoms with van der Waals surface area (Å²) in [7, 11) is 2.00. The van der Waals surface area contributed by atoms with Crippen LogP contribution < -0.4 is 5.73 Å². The minimum absolute atomic E-state index is 0.0792. The number of hydrogen-bond acceptors (Lipinski definition) is 4. The predicted molar refractivity (Wildman–Crippen MR) is 135 cm³/mol. The van der Waals surface area contributed by atoms with Crippen molar-refractivity contribution in [1.29, 1.82) is 0 Å². The van der Waals surface area contributed by atoms with Crippen LogP contribution in [0.4, 0.5) is 5.69 Å². The maximum Gasteiger partial charge on any atom is 0.255 e. The minimum atomic E-state index is -0.0792. The Labute approximate surface area is 204 Å². The van der Waals surface area contributed by atoms with Gasteiger partial charge in [-0.25, -0.2) is 0 Å². The molecule has 6 nitrogen and oxygen atoms in total. The summed E-state index contributed by atoms with van der Waals surface area (Å²) >= 11 is 13.4. The summed E-state index contributed by atoms with van der Waals surface area (Å²) in [5.41, 5.74) is 11.2. The Balaban J connectivity index is 1.63. The lowest BCUT2D eigenvalue weighted by Crippen LogP contribution is -2.36. The van der Waals surface area contributed by atoms with Crippen molar-refractivity contribution in [1.82, 2.24) is 14.4 Å². The molecule has 0 aliphatic carbocycles. The zero-order valence-corrected chi connectivity index (χ0v) is 20.6. The molecule has 33 heavy (non-hydrogen) atoms. The number of amides is 1. The van der Waals surface area contributed by atoms with Gasteiger partial charge in [0.05, 0.1) is 22.7 Å². The van der Waals surface area contributed by atoms with Gasteiger partial charge in [0, 0.05) is 61.4 Å². The molecular formula is C25H30Cl2N4O2. The summed E-state index contributed by atoms with van der Waals surface area (Å²) in [6, 6.07) is 9.55. The second-order valence-electron chi connectivity index (χ2n) is 8.74. The van der Waals surface area contributed by atoms with E-state index in [2.05, 4.69) is 15.5 Å². The Morgan fingerprint density at radius 2 is 1.91 bits per heavy atom. The molecule has 2 heterocycles. The second-order valence-corrected chi connectivity index (χ2v) is 9.53. The first-order valence-corrected chi connectivity index (χ1v) is 12.0. The number of nitrogens with two attached hydrogens (primary N) is 1. The Morgan fingerprint density at radius 1 is 1.12 bits per heavy atom. The highest BCUT2D eigenvalue weighted by Crippen LogP contribution is 2.33. The molecule has 3 aromatic rings. The fraction of sp³-hybridized carbons (Fsp3) is 0.400. The van der Waals surface area contributed by atoms with Gasteiger partial charge in [-0.1, -0.05) is 23.2 Å². The van der Waals surface area contributed by atoms with E-state index in [1.54, 1.807) is 12.1 Å². The number of carbonyl (C=O) groups is 1. The van der Waals surface area contributed by atoms with Gasteiger partial charge in [0.15, 0.2) is 0 Å². The number of rotatable bonds is 5. The van der Waals surface area contributed by atoms with Crippen LogP contribution in [-0.2, 0) is 13.5 Å². The highest BCUT2D eigenvalue weighted by molar-refractivity contribution is 6.38. The number of aliphatic hydroxyl groups is 1. The number of carbonyl (C=O) groups excluding carboxylic acids is 1. The molecule has 1 fully saturated rings. The number of aromatic nitrogens is 1. The lowest BCUT2D eigenvalue weighted by Gasteiger charge is -2.23. The molecule has 0 bridgehead atoms. The van der Waals surface area contributed by atoms with Gasteiger partial charge in [-0.05, 0) is 61.3 Å². The van der Waals surface area contributed by atoms with E-state index in [4.69, 9.17) is 28.9 Å². The normalized spacial score (nSPS) is 15.2. The molecule has 0 unspecified atom stereocenters. The third kappa shape index (κ3) is 4.85. The van der Waals surface area contributed by atoms with Gasteiger partial charge in [-0.3, -0.25) is 9.69 Å². The monoisotopic (exact) mass is 488 g/mol. The number of aryl methyl sites for hydroxylation is 2. The first kappa shape index (κ1) is 23.9. The number of hydrogen-bond donors (Lipinski definition) is 2. The van der Waals surface area contributed by atoms with Crippen molar-refractivity contribution in [3.8, 4) is 0 Å². The van der Waals surface area contributed by atoms with Crippen molar-refractivity contribution in [3.63, 3.8) is 0 Å². The number of fused-ring (bicyclic) bond motifs is 1. The Bertz CT molecular complexity index is 1190. The van der Waals surface area contributed by atoms with E-state index in [0.29, 0.717) is 41.7 Å². The number of aliphatic hydroxyl groups excluding tert-OH is 1. The van der Waals surface area contributed by atoms with Gasteiger partial charge < -0.3 is 20.3 Å². The summed E-state index contributed by atoms with van der Waals surface area (Å²) in [4.78, 5) is 17.4. The third-order valence-corrected chi connectivity index (χ3v) is 7.34. The number of β-amino-alcohol motifs (C(OH)–C–C–N with tert-alkyl or cyclic N) is 1. The van der Waals surface area contributed by atoms with Crippen molar-refractivity contribution in [2.75, 3.05) is 45.1 Å². The van der Waals surface area contributed by atoms with Gasteiger partial charge >= 0.3 is 0 Å². The molecule has 3 N–H and O–H groups in total. The highest BCUT2D eigenvalue weighted by Gasteiger charge is 2.24. The van der Waals surface area contributed by atoms with Gasteiger partial charge in [-0.15, -0.1) is 0 Å². The van der Waals surface area contributed by atoms with Crippen LogP contribution in [-0.4, -0.2) is 64.7 Å². The van der Waals surface area contributed by atoms with Crippen LogP contribution in [0.3, 0.4) is 0 Å². The summed E-state index contributed by atoms with van der Waals surface area (Å²) in [6.07, 6.45) is 1.37. The molecule has 0 atom stereocenters. The van der Waals surface area contributed by atoms with Crippen LogP contribution >= 0.6 is 23.2 Å². The molecule has 0 radical (unpaired) electrons. The van der Waals surface area contributed by atoms with E-state index in [1.165, 1.54) is 0 Å².